The van der Waals surface area contributed by atoms with Crippen LogP contribution >= 0.6 is 0 Å². The smallest absolute Gasteiger partial charge is 0.257 e. The lowest BCUT2D eigenvalue weighted by atomic mass is 9.91. The molecule has 0 aliphatic heterocycles. The highest BCUT2D eigenvalue weighted by Gasteiger charge is 2.19. The highest BCUT2D eigenvalue weighted by atomic mass is 16.5. The van der Waals surface area contributed by atoms with Crippen LogP contribution in [-0.4, -0.2) is 31.2 Å². The predicted molar refractivity (Wildman–Crippen MR) is 123 cm³/mol. The molecular weight excluding hydrogens is 388 g/mol. The van der Waals surface area contributed by atoms with Gasteiger partial charge in [-0.25, -0.2) is 0 Å². The fraction of sp³-hybridized carbons (Fsp3) is 0.192. The maximum atomic E-state index is 12.5. The van der Waals surface area contributed by atoms with Crippen LogP contribution in [0.25, 0.3) is 10.9 Å². The topological polar surface area (TPSA) is 63.4 Å². The molecule has 0 unspecified atom stereocenters. The molecule has 0 fully saturated rings. The summed E-state index contributed by atoms with van der Waals surface area (Å²) >= 11 is 0. The molecule has 5 heteroatoms. The van der Waals surface area contributed by atoms with Gasteiger partial charge in [0.2, 0.25) is 0 Å². The van der Waals surface area contributed by atoms with Crippen LogP contribution in [0.1, 0.15) is 22.6 Å². The van der Waals surface area contributed by atoms with Crippen LogP contribution in [0.4, 0.5) is 0 Å². The number of methoxy groups -OCH3 is 1. The van der Waals surface area contributed by atoms with Crippen LogP contribution in [0.3, 0.4) is 0 Å². The van der Waals surface area contributed by atoms with Crippen molar-refractivity contribution < 1.29 is 14.3 Å². The number of rotatable bonds is 8. The van der Waals surface area contributed by atoms with E-state index in [1.165, 1.54) is 0 Å². The fourth-order valence-corrected chi connectivity index (χ4v) is 3.75. The van der Waals surface area contributed by atoms with Gasteiger partial charge < -0.3 is 19.8 Å². The molecule has 0 saturated heterocycles. The van der Waals surface area contributed by atoms with E-state index in [1.807, 2.05) is 73.8 Å². The average Bonchev–Trinajstić information content (AvgIpc) is 3.23. The van der Waals surface area contributed by atoms with Crippen molar-refractivity contribution in [1.29, 1.82) is 0 Å². The summed E-state index contributed by atoms with van der Waals surface area (Å²) in [5, 5.41) is 4.19. The predicted octanol–water partition coefficient (Wildman–Crippen LogP) is 4.81. The van der Waals surface area contributed by atoms with Crippen LogP contribution in [-0.2, 0) is 4.79 Å². The monoisotopic (exact) mass is 414 g/mol. The van der Waals surface area contributed by atoms with Crippen molar-refractivity contribution >= 4 is 16.8 Å². The van der Waals surface area contributed by atoms with Crippen LogP contribution in [0, 0.1) is 6.92 Å². The highest BCUT2D eigenvalue weighted by Crippen LogP contribution is 2.31. The van der Waals surface area contributed by atoms with Gasteiger partial charge in [-0.1, -0.05) is 48.5 Å². The minimum Gasteiger partial charge on any atom is -0.497 e. The molecule has 0 aliphatic carbocycles. The third-order valence-corrected chi connectivity index (χ3v) is 5.47. The van der Waals surface area contributed by atoms with E-state index < -0.39 is 0 Å². The first-order valence-corrected chi connectivity index (χ1v) is 10.3. The Bertz CT molecular complexity index is 1160. The van der Waals surface area contributed by atoms with Gasteiger partial charge in [0.15, 0.2) is 6.61 Å². The van der Waals surface area contributed by atoms with E-state index in [1.54, 1.807) is 7.11 Å². The van der Waals surface area contributed by atoms with Gasteiger partial charge in [-0.15, -0.1) is 0 Å². The number of nitrogens with one attached hydrogen (secondary N) is 2. The normalized spacial score (nSPS) is 11.8. The number of aromatic nitrogens is 1. The Morgan fingerprint density at radius 1 is 1.00 bits per heavy atom. The Kier molecular flexibility index (Phi) is 6.22. The number of amides is 1. The number of para-hydroxylation sites is 2. The fourth-order valence-electron chi connectivity index (χ4n) is 3.75. The Hall–Kier alpha value is -3.73. The molecule has 4 rings (SSSR count). The zero-order valence-corrected chi connectivity index (χ0v) is 17.7. The third kappa shape index (κ3) is 4.72. The standard InChI is InChI=1S/C26H26N2O3/c1-18-7-3-6-10-25(18)31-17-26(29)28-15-22(19-11-13-20(30-2)14-12-19)23-16-27-24-9-5-4-8-21(23)24/h3-14,16,22,27H,15,17H2,1-2H3,(H,28,29)/t22-/m0/s1. The summed E-state index contributed by atoms with van der Waals surface area (Å²) in [6.07, 6.45) is 2.02. The first-order chi connectivity index (χ1) is 15.2. The largest absolute Gasteiger partial charge is 0.497 e. The maximum absolute atomic E-state index is 12.5. The van der Waals surface area contributed by atoms with Gasteiger partial charge in [0.1, 0.15) is 11.5 Å². The number of hydrogen-bond donors (Lipinski definition) is 2. The molecule has 1 aromatic heterocycles. The first-order valence-electron chi connectivity index (χ1n) is 10.3. The van der Waals surface area contributed by atoms with Gasteiger partial charge in [0, 0.05) is 29.6 Å². The Morgan fingerprint density at radius 2 is 1.74 bits per heavy atom. The Labute approximate surface area is 182 Å². The van der Waals surface area contributed by atoms with Crippen LogP contribution in [0.5, 0.6) is 11.5 Å². The second-order valence-electron chi connectivity index (χ2n) is 7.47. The van der Waals surface area contributed by atoms with Crippen molar-refractivity contribution in [1.82, 2.24) is 10.3 Å². The Morgan fingerprint density at radius 3 is 2.52 bits per heavy atom. The number of hydrogen-bond acceptors (Lipinski definition) is 3. The molecule has 0 aliphatic rings. The summed E-state index contributed by atoms with van der Waals surface area (Å²) in [5.74, 6) is 1.36. The molecule has 3 aromatic carbocycles. The van der Waals surface area contributed by atoms with E-state index >= 15 is 0 Å². The van der Waals surface area contributed by atoms with Crippen LogP contribution in [0.2, 0.25) is 0 Å². The molecule has 1 amide bonds. The van der Waals surface area contributed by atoms with Crippen molar-refractivity contribution in [3.8, 4) is 11.5 Å². The lowest BCUT2D eigenvalue weighted by molar-refractivity contribution is -0.123. The second-order valence-corrected chi connectivity index (χ2v) is 7.47. The molecular formula is C26H26N2O3. The number of H-pyrrole nitrogens is 1. The summed E-state index contributed by atoms with van der Waals surface area (Å²) in [7, 11) is 1.65. The minimum atomic E-state index is -0.151. The van der Waals surface area contributed by atoms with Crippen molar-refractivity contribution in [2.24, 2.45) is 0 Å². The van der Waals surface area contributed by atoms with E-state index in [-0.39, 0.29) is 18.4 Å². The molecule has 158 valence electrons. The van der Waals surface area contributed by atoms with Crippen molar-refractivity contribution in [3.63, 3.8) is 0 Å². The number of ether oxygens (including phenoxy) is 2. The molecule has 4 aromatic rings. The summed E-state index contributed by atoms with van der Waals surface area (Å²) in [4.78, 5) is 15.9. The van der Waals surface area contributed by atoms with Crippen LogP contribution < -0.4 is 14.8 Å². The lowest BCUT2D eigenvalue weighted by Gasteiger charge is -2.19. The molecule has 2 N–H and O–H groups in total. The highest BCUT2D eigenvalue weighted by molar-refractivity contribution is 5.84. The molecule has 1 heterocycles. The lowest BCUT2D eigenvalue weighted by Crippen LogP contribution is -2.32. The number of fused-ring (bicyclic) bond motifs is 1. The zero-order chi connectivity index (χ0) is 21.6. The molecule has 0 radical (unpaired) electrons. The quantitative estimate of drug-likeness (QED) is 0.435. The van der Waals surface area contributed by atoms with Gasteiger partial charge in [0.25, 0.3) is 5.91 Å². The van der Waals surface area contributed by atoms with Gasteiger partial charge >= 0.3 is 0 Å². The number of carbonyl (C=O) groups excluding carboxylic acids is 1. The van der Waals surface area contributed by atoms with Gasteiger partial charge in [-0.05, 0) is 47.9 Å². The zero-order valence-electron chi connectivity index (χ0n) is 17.7. The van der Waals surface area contributed by atoms with Gasteiger partial charge in [0.05, 0.1) is 7.11 Å². The molecule has 0 bridgehead atoms. The minimum absolute atomic E-state index is 0.00975. The van der Waals surface area contributed by atoms with E-state index in [4.69, 9.17) is 9.47 Å². The molecule has 5 nitrogen and oxygen atoms in total. The molecule has 0 saturated carbocycles. The summed E-state index contributed by atoms with van der Waals surface area (Å²) in [5.41, 5.74) is 4.32. The number of aromatic amines is 1. The van der Waals surface area contributed by atoms with Crippen molar-refractivity contribution in [3.05, 3.63) is 95.7 Å². The van der Waals surface area contributed by atoms with E-state index in [2.05, 4.69) is 22.4 Å². The summed E-state index contributed by atoms with van der Waals surface area (Å²) in [6, 6.07) is 23.8. The molecule has 31 heavy (non-hydrogen) atoms. The number of benzene rings is 3. The van der Waals surface area contributed by atoms with E-state index in [0.29, 0.717) is 6.54 Å². The van der Waals surface area contributed by atoms with Crippen LogP contribution in [0.15, 0.2) is 79.0 Å². The van der Waals surface area contributed by atoms with Gasteiger partial charge in [-0.3, -0.25) is 4.79 Å². The van der Waals surface area contributed by atoms with Crippen molar-refractivity contribution in [2.45, 2.75) is 12.8 Å². The number of aryl methyl sites for hydroxylation is 1. The maximum Gasteiger partial charge on any atom is 0.257 e. The van der Waals surface area contributed by atoms with Crippen molar-refractivity contribution in [2.75, 3.05) is 20.3 Å². The average molecular weight is 415 g/mol. The molecule has 1 atom stereocenters. The second kappa shape index (κ2) is 9.39. The first kappa shape index (κ1) is 20.5. The van der Waals surface area contributed by atoms with E-state index in [0.717, 1.165) is 39.1 Å². The summed E-state index contributed by atoms with van der Waals surface area (Å²) < 4.78 is 11.0. The Balaban J connectivity index is 1.52. The summed E-state index contributed by atoms with van der Waals surface area (Å²) in [6.45, 7) is 2.40. The SMILES string of the molecule is COc1ccc([C@H](CNC(=O)COc2ccccc2C)c2c[nH]c3ccccc23)cc1. The molecule has 0 spiro atoms. The third-order valence-electron chi connectivity index (χ3n) is 5.47. The number of carbonyl (C=O) groups is 1. The van der Waals surface area contributed by atoms with E-state index in [9.17, 15) is 4.79 Å². The van der Waals surface area contributed by atoms with Gasteiger partial charge in [-0.2, -0.15) is 0 Å².